The molecule has 0 aliphatic rings. The van der Waals surface area contributed by atoms with E-state index in [9.17, 15) is 4.79 Å². The first-order chi connectivity index (χ1) is 14.0. The number of aromatic nitrogens is 3. The molecule has 2 aromatic heterocycles. The predicted molar refractivity (Wildman–Crippen MR) is 117 cm³/mol. The molecule has 2 aromatic carbocycles. The number of hydrogen-bond donors (Lipinski definition) is 1. The SMILES string of the molecule is CN(C)c1ccc(NC(=O)Cn2c(-c3ccc(Cl)cc3)nc3cccnc32)cc1. The van der Waals surface area contributed by atoms with Crippen LogP contribution in [0.4, 0.5) is 11.4 Å². The van der Waals surface area contributed by atoms with Crippen molar-refractivity contribution in [3.05, 3.63) is 71.9 Å². The number of nitrogens with one attached hydrogen (secondary N) is 1. The van der Waals surface area contributed by atoms with Gasteiger partial charge >= 0.3 is 0 Å². The summed E-state index contributed by atoms with van der Waals surface area (Å²) in [6, 6.07) is 18.8. The number of imidazole rings is 1. The number of anilines is 2. The molecule has 0 spiro atoms. The molecule has 29 heavy (non-hydrogen) atoms. The van der Waals surface area contributed by atoms with Crippen molar-refractivity contribution in [1.29, 1.82) is 0 Å². The summed E-state index contributed by atoms with van der Waals surface area (Å²) in [6.45, 7) is 0.0981. The van der Waals surface area contributed by atoms with Crippen LogP contribution in [0.2, 0.25) is 5.02 Å². The molecule has 0 unspecified atom stereocenters. The summed E-state index contributed by atoms with van der Waals surface area (Å²) in [7, 11) is 3.95. The van der Waals surface area contributed by atoms with E-state index >= 15 is 0 Å². The van der Waals surface area contributed by atoms with E-state index in [1.165, 1.54) is 0 Å². The van der Waals surface area contributed by atoms with Gasteiger partial charge in [-0.2, -0.15) is 0 Å². The van der Waals surface area contributed by atoms with E-state index in [2.05, 4.69) is 15.3 Å². The van der Waals surface area contributed by atoms with Crippen LogP contribution in [0.3, 0.4) is 0 Å². The van der Waals surface area contributed by atoms with Gasteiger partial charge in [-0.25, -0.2) is 9.97 Å². The highest BCUT2D eigenvalue weighted by atomic mass is 35.5. The van der Waals surface area contributed by atoms with Gasteiger partial charge in [-0.05, 0) is 60.7 Å². The van der Waals surface area contributed by atoms with Crippen LogP contribution in [0.1, 0.15) is 0 Å². The van der Waals surface area contributed by atoms with Crippen LogP contribution >= 0.6 is 11.6 Å². The minimum atomic E-state index is -0.150. The number of amides is 1. The summed E-state index contributed by atoms with van der Waals surface area (Å²) < 4.78 is 1.82. The highest BCUT2D eigenvalue weighted by Crippen LogP contribution is 2.25. The Morgan fingerprint density at radius 2 is 1.79 bits per heavy atom. The van der Waals surface area contributed by atoms with Crippen LogP contribution in [-0.2, 0) is 11.3 Å². The van der Waals surface area contributed by atoms with E-state index in [1.54, 1.807) is 18.3 Å². The second-order valence-electron chi connectivity index (χ2n) is 6.86. The third kappa shape index (κ3) is 4.07. The van der Waals surface area contributed by atoms with E-state index in [0.29, 0.717) is 16.5 Å². The minimum absolute atomic E-state index is 0.0981. The zero-order valence-electron chi connectivity index (χ0n) is 16.1. The Bertz CT molecular complexity index is 1150. The molecule has 0 bridgehead atoms. The summed E-state index contributed by atoms with van der Waals surface area (Å²) in [4.78, 5) is 23.9. The monoisotopic (exact) mass is 405 g/mol. The molecule has 4 aromatic rings. The lowest BCUT2D eigenvalue weighted by Gasteiger charge is -2.13. The fraction of sp³-hybridized carbons (Fsp3) is 0.136. The smallest absolute Gasteiger partial charge is 0.244 e. The molecule has 0 aliphatic carbocycles. The van der Waals surface area contributed by atoms with E-state index in [4.69, 9.17) is 11.6 Å². The molecule has 1 amide bonds. The maximum absolute atomic E-state index is 12.8. The Kier molecular flexibility index (Phi) is 5.18. The molecule has 0 fully saturated rings. The summed E-state index contributed by atoms with van der Waals surface area (Å²) in [5.41, 5.74) is 4.08. The van der Waals surface area contributed by atoms with Gasteiger partial charge in [0.1, 0.15) is 17.9 Å². The zero-order valence-corrected chi connectivity index (χ0v) is 16.9. The van der Waals surface area contributed by atoms with Crippen LogP contribution < -0.4 is 10.2 Å². The van der Waals surface area contributed by atoms with E-state index in [1.807, 2.05) is 72.1 Å². The summed E-state index contributed by atoms with van der Waals surface area (Å²) in [5, 5.41) is 3.59. The first-order valence-electron chi connectivity index (χ1n) is 9.16. The van der Waals surface area contributed by atoms with Crippen LogP contribution in [0.5, 0.6) is 0 Å². The number of halogens is 1. The van der Waals surface area contributed by atoms with Gasteiger partial charge in [0.05, 0.1) is 0 Å². The van der Waals surface area contributed by atoms with Gasteiger partial charge in [-0.1, -0.05) is 11.6 Å². The van der Waals surface area contributed by atoms with Crippen molar-refractivity contribution in [2.75, 3.05) is 24.3 Å². The first kappa shape index (κ1) is 19.0. The summed E-state index contributed by atoms with van der Waals surface area (Å²) in [5.74, 6) is 0.524. The van der Waals surface area contributed by atoms with Gasteiger partial charge in [-0.3, -0.25) is 9.36 Å². The third-order valence-electron chi connectivity index (χ3n) is 4.58. The molecule has 0 atom stereocenters. The van der Waals surface area contributed by atoms with E-state index in [-0.39, 0.29) is 12.5 Å². The van der Waals surface area contributed by atoms with Crippen molar-refractivity contribution >= 4 is 40.0 Å². The quantitative estimate of drug-likeness (QED) is 0.532. The maximum atomic E-state index is 12.8. The zero-order chi connectivity index (χ0) is 20.4. The highest BCUT2D eigenvalue weighted by Gasteiger charge is 2.16. The molecule has 0 saturated carbocycles. The molecule has 0 radical (unpaired) electrons. The van der Waals surface area contributed by atoms with Gasteiger partial charge in [0, 0.05) is 42.3 Å². The number of nitrogens with zero attached hydrogens (tertiary/aromatic N) is 4. The van der Waals surface area contributed by atoms with Gasteiger partial charge in [0.15, 0.2) is 5.65 Å². The Morgan fingerprint density at radius 1 is 1.07 bits per heavy atom. The fourth-order valence-electron chi connectivity index (χ4n) is 3.11. The Hall–Kier alpha value is -3.38. The number of hydrogen-bond acceptors (Lipinski definition) is 4. The van der Waals surface area contributed by atoms with Crippen molar-refractivity contribution in [1.82, 2.24) is 14.5 Å². The Morgan fingerprint density at radius 3 is 2.48 bits per heavy atom. The van der Waals surface area contributed by atoms with Crippen LogP contribution in [0.15, 0.2) is 66.9 Å². The van der Waals surface area contributed by atoms with Crippen molar-refractivity contribution < 1.29 is 4.79 Å². The second kappa shape index (κ2) is 7.93. The topological polar surface area (TPSA) is 63.1 Å². The number of pyridine rings is 1. The van der Waals surface area contributed by atoms with Crippen molar-refractivity contribution in [3.8, 4) is 11.4 Å². The third-order valence-corrected chi connectivity index (χ3v) is 4.83. The van der Waals surface area contributed by atoms with Gasteiger partial charge in [0.2, 0.25) is 5.91 Å². The molecule has 0 aliphatic heterocycles. The molecule has 2 heterocycles. The fourth-order valence-corrected chi connectivity index (χ4v) is 3.24. The number of benzene rings is 2. The number of fused-ring (bicyclic) bond motifs is 1. The Balaban J connectivity index is 1.63. The summed E-state index contributed by atoms with van der Waals surface area (Å²) in [6.07, 6.45) is 1.70. The normalized spacial score (nSPS) is 10.9. The minimum Gasteiger partial charge on any atom is -0.378 e. The molecule has 6 nitrogen and oxygen atoms in total. The number of rotatable bonds is 5. The van der Waals surface area contributed by atoms with Gasteiger partial charge < -0.3 is 10.2 Å². The van der Waals surface area contributed by atoms with Crippen molar-refractivity contribution in [2.24, 2.45) is 0 Å². The molecule has 7 heteroatoms. The Labute approximate surface area is 173 Å². The molecule has 146 valence electrons. The molecule has 1 N–H and O–H groups in total. The lowest BCUT2D eigenvalue weighted by Crippen LogP contribution is -2.19. The lowest BCUT2D eigenvalue weighted by atomic mass is 10.2. The van der Waals surface area contributed by atoms with Crippen molar-refractivity contribution in [3.63, 3.8) is 0 Å². The highest BCUT2D eigenvalue weighted by molar-refractivity contribution is 6.30. The molecule has 0 saturated heterocycles. The average Bonchev–Trinajstić information content (AvgIpc) is 3.07. The standard InChI is InChI=1S/C22H20ClN5O/c1-27(2)18-11-9-17(10-12-18)25-20(29)14-28-21(15-5-7-16(23)8-6-15)26-19-4-3-13-24-22(19)28/h3-13H,14H2,1-2H3,(H,25,29). The molecular formula is C22H20ClN5O. The van der Waals surface area contributed by atoms with E-state index < -0.39 is 0 Å². The number of carbonyl (C=O) groups is 1. The summed E-state index contributed by atoms with van der Waals surface area (Å²) >= 11 is 6.02. The second-order valence-corrected chi connectivity index (χ2v) is 7.30. The molecule has 4 rings (SSSR count). The average molecular weight is 406 g/mol. The van der Waals surface area contributed by atoms with E-state index in [0.717, 1.165) is 22.5 Å². The van der Waals surface area contributed by atoms with Gasteiger partial charge in [-0.15, -0.1) is 0 Å². The van der Waals surface area contributed by atoms with Crippen LogP contribution in [0, 0.1) is 0 Å². The molecular weight excluding hydrogens is 386 g/mol. The first-order valence-corrected chi connectivity index (χ1v) is 9.53. The maximum Gasteiger partial charge on any atom is 0.244 e. The van der Waals surface area contributed by atoms with Crippen molar-refractivity contribution in [2.45, 2.75) is 6.54 Å². The van der Waals surface area contributed by atoms with Gasteiger partial charge in [0.25, 0.3) is 0 Å². The van der Waals surface area contributed by atoms with Crippen LogP contribution in [-0.4, -0.2) is 34.5 Å². The van der Waals surface area contributed by atoms with Crippen LogP contribution in [0.25, 0.3) is 22.6 Å². The number of carbonyl (C=O) groups excluding carboxylic acids is 1. The predicted octanol–water partition coefficient (Wildman–Crippen LogP) is 4.46. The lowest BCUT2D eigenvalue weighted by molar-refractivity contribution is -0.116. The largest absolute Gasteiger partial charge is 0.378 e.